The molecule has 8 heteroatoms. The first-order valence-electron chi connectivity index (χ1n) is 4.53. The van der Waals surface area contributed by atoms with Gasteiger partial charge in [-0.05, 0) is 0 Å². The summed E-state index contributed by atoms with van der Waals surface area (Å²) in [6.45, 7) is 10.0. The summed E-state index contributed by atoms with van der Waals surface area (Å²) in [5.41, 5.74) is -2.97. The molecule has 0 atom stereocenters. The van der Waals surface area contributed by atoms with Crippen LogP contribution in [0.3, 0.4) is 0 Å². The van der Waals surface area contributed by atoms with Crippen molar-refractivity contribution in [2.45, 2.75) is 32.3 Å². The largest absolute Gasteiger partial charge is 3.00 e. The van der Waals surface area contributed by atoms with Gasteiger partial charge in [-0.2, -0.15) is 13.8 Å². The van der Waals surface area contributed by atoms with Gasteiger partial charge in [0.15, 0.2) is 0 Å². The summed E-state index contributed by atoms with van der Waals surface area (Å²) < 4.78 is 0. The molecule has 18 heavy (non-hydrogen) atoms. The van der Waals surface area contributed by atoms with Crippen LogP contribution in [0.1, 0.15) is 26.7 Å². The fourth-order valence-electron chi connectivity index (χ4n) is 0.684. The Bertz CT molecular complexity index is 237. The van der Waals surface area contributed by atoms with E-state index in [4.69, 9.17) is 5.11 Å². The maximum atomic E-state index is 10.1. The van der Waals surface area contributed by atoms with Gasteiger partial charge in [0.25, 0.3) is 0 Å². The van der Waals surface area contributed by atoms with Crippen molar-refractivity contribution < 1.29 is 61.0 Å². The maximum absolute atomic E-state index is 10.1. The van der Waals surface area contributed by atoms with Crippen molar-refractivity contribution in [3.05, 3.63) is 13.8 Å². The molecule has 0 heterocycles. The second-order valence-electron chi connectivity index (χ2n) is 2.42. The van der Waals surface area contributed by atoms with Gasteiger partial charge in [-0.15, -0.1) is 0 Å². The van der Waals surface area contributed by atoms with Crippen LogP contribution in [0.2, 0.25) is 0 Å². The van der Waals surface area contributed by atoms with Crippen LogP contribution in [0.4, 0.5) is 0 Å². The number of aliphatic carboxylic acids is 3. The number of carbonyl (C=O) groups excluding carboxylic acids is 3. The summed E-state index contributed by atoms with van der Waals surface area (Å²) in [6, 6.07) is 0. The minimum absolute atomic E-state index is 0. The van der Waals surface area contributed by atoms with Crippen LogP contribution in [-0.4, -0.2) is 28.6 Å². The number of carboxylic acid groups (broad SMARTS) is 3. The summed E-state index contributed by atoms with van der Waals surface area (Å²) >= 11 is 0. The third kappa shape index (κ3) is 13.3. The molecule has 103 valence electrons. The quantitative estimate of drug-likeness (QED) is 0.511. The third-order valence-electron chi connectivity index (χ3n) is 1.25. The van der Waals surface area contributed by atoms with Gasteiger partial charge in [0, 0.05) is 24.8 Å². The molecule has 0 amide bonds. The maximum Gasteiger partial charge on any atom is 3.00 e. The van der Waals surface area contributed by atoms with Crippen molar-refractivity contribution in [3.63, 3.8) is 0 Å². The Labute approximate surface area is 125 Å². The van der Waals surface area contributed by atoms with E-state index >= 15 is 0 Å². The Kier molecular flexibility index (Phi) is 20.6. The predicted octanol–water partition coefficient (Wildman–Crippen LogP) is -3.57. The van der Waals surface area contributed by atoms with Crippen molar-refractivity contribution in [3.8, 4) is 0 Å². The zero-order chi connectivity index (χ0) is 14.6. The third-order valence-corrected chi connectivity index (χ3v) is 1.25. The van der Waals surface area contributed by atoms with Crippen LogP contribution in [0.15, 0.2) is 0 Å². The molecule has 0 aromatic carbocycles. The minimum atomic E-state index is -2.97. The van der Waals surface area contributed by atoms with Crippen molar-refractivity contribution in [2.24, 2.45) is 0 Å². The second kappa shape index (κ2) is 14.3. The molecule has 0 rings (SSSR count). The zero-order valence-electron chi connectivity index (χ0n) is 10.2. The molecule has 0 bridgehead atoms. The SMILES string of the molecule is O=C([O-])CC(O)(CC(=O)[O-])C(=O)[O-].[CH2-]C.[CH2-]C.[Zr+3]. The van der Waals surface area contributed by atoms with Gasteiger partial charge < -0.3 is 48.7 Å². The molecule has 1 N–H and O–H groups in total. The Balaban J connectivity index is -0.000000177. The molecular formula is C10H15O7Zr-2. The van der Waals surface area contributed by atoms with E-state index in [9.17, 15) is 29.7 Å². The van der Waals surface area contributed by atoms with E-state index in [0.29, 0.717) is 0 Å². The fourth-order valence-corrected chi connectivity index (χ4v) is 0.684. The van der Waals surface area contributed by atoms with Crippen LogP contribution in [0.5, 0.6) is 0 Å². The standard InChI is InChI=1S/C6H8O7.2C2H5.Zr/c7-3(8)1-6(13,5(11)12)2-4(9)10;2*1-2;/h13H,1-2H2,(H,7,8)(H,9,10)(H,11,12);2*1H2,2H3;/q;2*-1;+3/p-3. The van der Waals surface area contributed by atoms with Gasteiger partial charge >= 0.3 is 26.2 Å². The van der Waals surface area contributed by atoms with Gasteiger partial charge in [0.2, 0.25) is 0 Å². The van der Waals surface area contributed by atoms with Crippen LogP contribution in [0.25, 0.3) is 0 Å². The Morgan fingerprint density at radius 1 is 0.944 bits per heavy atom. The average Bonchev–Trinajstić information content (AvgIpc) is 2.21. The molecule has 0 spiro atoms. The molecule has 0 fully saturated rings. The topological polar surface area (TPSA) is 141 Å². The monoisotopic (exact) mass is 337 g/mol. The van der Waals surface area contributed by atoms with E-state index in [1.165, 1.54) is 0 Å². The summed E-state index contributed by atoms with van der Waals surface area (Å²) in [6.07, 6.45) is -2.72. The summed E-state index contributed by atoms with van der Waals surface area (Å²) in [5, 5.41) is 38.9. The number of carbonyl (C=O) groups is 3. The van der Waals surface area contributed by atoms with Crippen LogP contribution >= 0.6 is 0 Å². The van der Waals surface area contributed by atoms with Crippen LogP contribution in [0, 0.1) is 13.8 Å². The normalized spacial score (nSPS) is 8.50. The van der Waals surface area contributed by atoms with Crippen molar-refractivity contribution in [1.82, 2.24) is 0 Å². The second-order valence-corrected chi connectivity index (χ2v) is 2.42. The molecular weight excluding hydrogens is 323 g/mol. The van der Waals surface area contributed by atoms with Gasteiger partial charge in [-0.1, -0.05) is 0 Å². The molecule has 0 aliphatic carbocycles. The fraction of sp³-hybridized carbons (Fsp3) is 0.500. The summed E-state index contributed by atoms with van der Waals surface area (Å²) in [4.78, 5) is 30.0. The average molecular weight is 338 g/mol. The molecule has 0 unspecified atom stereocenters. The summed E-state index contributed by atoms with van der Waals surface area (Å²) in [5.74, 6) is -5.98. The van der Waals surface area contributed by atoms with Gasteiger partial charge in [-0.3, -0.25) is 0 Å². The predicted molar refractivity (Wildman–Crippen MR) is 51.3 cm³/mol. The van der Waals surface area contributed by atoms with E-state index < -0.39 is 36.4 Å². The molecule has 0 aromatic heterocycles. The van der Waals surface area contributed by atoms with E-state index in [2.05, 4.69) is 13.8 Å². The van der Waals surface area contributed by atoms with Crippen molar-refractivity contribution in [1.29, 1.82) is 0 Å². The first-order valence-corrected chi connectivity index (χ1v) is 4.53. The van der Waals surface area contributed by atoms with Crippen LogP contribution < -0.4 is 15.3 Å². The van der Waals surface area contributed by atoms with Crippen LogP contribution in [-0.2, 0) is 40.6 Å². The van der Waals surface area contributed by atoms with Crippen molar-refractivity contribution >= 4 is 17.9 Å². The summed E-state index contributed by atoms with van der Waals surface area (Å²) in [7, 11) is 0. The number of rotatable bonds is 5. The van der Waals surface area contributed by atoms with E-state index in [-0.39, 0.29) is 26.2 Å². The Morgan fingerprint density at radius 2 is 1.17 bits per heavy atom. The van der Waals surface area contributed by atoms with Gasteiger partial charge in [0.05, 0.1) is 5.97 Å². The first kappa shape index (κ1) is 25.9. The molecule has 0 saturated carbocycles. The molecule has 0 aliphatic rings. The van der Waals surface area contributed by atoms with E-state index in [1.807, 2.05) is 0 Å². The minimum Gasteiger partial charge on any atom is -0.550 e. The Hall–Kier alpha value is -0.747. The molecule has 7 nitrogen and oxygen atoms in total. The number of hydrogen-bond donors (Lipinski definition) is 1. The molecule has 1 radical (unpaired) electrons. The Morgan fingerprint density at radius 3 is 1.28 bits per heavy atom. The number of hydrogen-bond acceptors (Lipinski definition) is 7. The van der Waals surface area contributed by atoms with Crippen molar-refractivity contribution in [2.75, 3.05) is 0 Å². The van der Waals surface area contributed by atoms with E-state index in [0.717, 1.165) is 0 Å². The smallest absolute Gasteiger partial charge is 0.550 e. The number of carboxylic acids is 3. The van der Waals surface area contributed by atoms with Gasteiger partial charge in [-0.25, -0.2) is 0 Å². The zero-order valence-corrected chi connectivity index (χ0v) is 12.7. The molecule has 0 aliphatic heterocycles. The molecule has 0 aromatic rings. The number of aliphatic hydroxyl groups is 1. The van der Waals surface area contributed by atoms with Gasteiger partial charge in [0.1, 0.15) is 5.60 Å². The molecule has 0 saturated heterocycles. The van der Waals surface area contributed by atoms with E-state index in [1.54, 1.807) is 13.8 Å². The first-order chi connectivity index (χ1) is 7.78.